The predicted octanol–water partition coefficient (Wildman–Crippen LogP) is -0.106. The molecular weight excluding hydrogens is 356 g/mol. The predicted molar refractivity (Wildman–Crippen MR) is 91.9 cm³/mol. The average molecular weight is 374 g/mol. The highest BCUT2D eigenvalue weighted by atomic mass is 16.5. The van der Waals surface area contributed by atoms with Gasteiger partial charge in [0, 0.05) is 12.7 Å². The van der Waals surface area contributed by atoms with Crippen LogP contribution in [0, 0.1) is 0 Å². The number of benzene rings is 1. The van der Waals surface area contributed by atoms with Crippen LogP contribution in [0.5, 0.6) is 5.75 Å². The number of carbonyl (C=O) groups excluding carboxylic acids is 4. The summed E-state index contributed by atoms with van der Waals surface area (Å²) in [7, 11) is 5.10. The molecule has 142 valence electrons. The number of hydrogen-bond acceptors (Lipinski definition) is 8. The van der Waals surface area contributed by atoms with Crippen molar-refractivity contribution in [1.82, 2.24) is 4.90 Å². The van der Waals surface area contributed by atoms with Gasteiger partial charge in [0.1, 0.15) is 17.8 Å². The standard InChI is InChI=1S/C18H18N2O7/c1-19-15(21)13-11(17(23)26-3)12(18(24)27-4)14(16(19)22)20(13)9-5-7-10(25-2)8-6-9/h5-8,13-14H,1-4H3. The van der Waals surface area contributed by atoms with Gasteiger partial charge in [-0.1, -0.05) is 0 Å². The molecule has 2 bridgehead atoms. The molecule has 0 N–H and O–H groups in total. The third-order valence-electron chi connectivity index (χ3n) is 4.70. The van der Waals surface area contributed by atoms with Crippen molar-refractivity contribution in [3.8, 4) is 5.75 Å². The number of piperazine rings is 1. The molecule has 0 aromatic heterocycles. The summed E-state index contributed by atoms with van der Waals surface area (Å²) in [5.74, 6) is -2.42. The lowest BCUT2D eigenvalue weighted by Gasteiger charge is -2.39. The highest BCUT2D eigenvalue weighted by Gasteiger charge is 2.58. The van der Waals surface area contributed by atoms with Gasteiger partial charge in [0.25, 0.3) is 11.8 Å². The third-order valence-corrected chi connectivity index (χ3v) is 4.70. The summed E-state index contributed by atoms with van der Waals surface area (Å²) in [6.07, 6.45) is 0. The largest absolute Gasteiger partial charge is 0.497 e. The Morgan fingerprint density at radius 1 is 0.852 bits per heavy atom. The Bertz CT molecular complexity index is 813. The van der Waals surface area contributed by atoms with Crippen LogP contribution >= 0.6 is 0 Å². The van der Waals surface area contributed by atoms with Crippen LogP contribution in [0.25, 0.3) is 0 Å². The third kappa shape index (κ3) is 2.62. The molecule has 1 saturated heterocycles. The topological polar surface area (TPSA) is 102 Å². The molecule has 9 heteroatoms. The van der Waals surface area contributed by atoms with Gasteiger partial charge in [0.2, 0.25) is 0 Å². The van der Waals surface area contributed by atoms with Gasteiger partial charge in [0.05, 0.1) is 32.5 Å². The summed E-state index contributed by atoms with van der Waals surface area (Å²) in [4.78, 5) is 52.8. The quantitative estimate of drug-likeness (QED) is 0.532. The summed E-state index contributed by atoms with van der Waals surface area (Å²) < 4.78 is 14.7. The van der Waals surface area contributed by atoms with E-state index in [-0.39, 0.29) is 11.1 Å². The monoisotopic (exact) mass is 374 g/mol. The zero-order valence-corrected chi connectivity index (χ0v) is 15.2. The zero-order chi connectivity index (χ0) is 19.9. The Labute approximate surface area is 155 Å². The SMILES string of the molecule is COC(=O)C1=C(C(=O)OC)C2C(=O)N(C)C(=O)C1N2c1ccc(OC)cc1. The van der Waals surface area contributed by atoms with Crippen LogP contribution in [0.2, 0.25) is 0 Å². The first-order valence-electron chi connectivity index (χ1n) is 8.01. The summed E-state index contributed by atoms with van der Waals surface area (Å²) >= 11 is 0. The number of nitrogens with zero attached hydrogens (tertiary/aromatic N) is 2. The molecule has 0 saturated carbocycles. The molecule has 2 amide bonds. The van der Waals surface area contributed by atoms with Gasteiger partial charge < -0.3 is 19.1 Å². The van der Waals surface area contributed by atoms with Crippen LogP contribution in [0.4, 0.5) is 5.69 Å². The van der Waals surface area contributed by atoms with Gasteiger partial charge in [-0.2, -0.15) is 0 Å². The van der Waals surface area contributed by atoms with Gasteiger partial charge in [-0.25, -0.2) is 9.59 Å². The first kappa shape index (κ1) is 18.4. The van der Waals surface area contributed by atoms with Crippen molar-refractivity contribution < 1.29 is 33.4 Å². The number of carbonyl (C=O) groups is 4. The van der Waals surface area contributed by atoms with Gasteiger partial charge >= 0.3 is 11.9 Å². The second-order valence-electron chi connectivity index (χ2n) is 5.96. The van der Waals surface area contributed by atoms with Crippen LogP contribution in [0.15, 0.2) is 35.4 Å². The molecule has 27 heavy (non-hydrogen) atoms. The van der Waals surface area contributed by atoms with E-state index >= 15 is 0 Å². The van der Waals surface area contributed by atoms with Crippen LogP contribution in [0.1, 0.15) is 0 Å². The number of esters is 2. The van der Waals surface area contributed by atoms with Gasteiger partial charge in [-0.05, 0) is 24.3 Å². The molecule has 0 spiro atoms. The van der Waals surface area contributed by atoms with E-state index in [2.05, 4.69) is 0 Å². The molecule has 0 aliphatic carbocycles. The number of ether oxygens (including phenoxy) is 3. The Hall–Kier alpha value is -3.36. The number of likely N-dealkylation sites (N-methyl/N-ethyl adjacent to an activating group) is 1. The molecule has 0 radical (unpaired) electrons. The Kier molecular flexibility index (Phi) is 4.61. The molecule has 2 atom stereocenters. The maximum atomic E-state index is 12.8. The first-order valence-corrected chi connectivity index (χ1v) is 8.01. The maximum absolute atomic E-state index is 12.8. The smallest absolute Gasteiger partial charge is 0.337 e. The van der Waals surface area contributed by atoms with Crippen molar-refractivity contribution >= 4 is 29.4 Å². The minimum atomic E-state index is -1.17. The summed E-state index contributed by atoms with van der Waals surface area (Å²) in [5, 5.41) is 0. The van der Waals surface area contributed by atoms with Crippen LogP contribution in [-0.2, 0) is 28.7 Å². The highest BCUT2D eigenvalue weighted by Crippen LogP contribution is 2.41. The molecular formula is C18H18N2O7. The van der Waals surface area contributed by atoms with Gasteiger partial charge in [-0.15, -0.1) is 0 Å². The number of hydrogen-bond donors (Lipinski definition) is 0. The summed E-state index contributed by atoms with van der Waals surface area (Å²) in [6.45, 7) is 0. The zero-order valence-electron chi connectivity index (χ0n) is 15.2. The maximum Gasteiger partial charge on any atom is 0.337 e. The molecule has 9 nitrogen and oxygen atoms in total. The Morgan fingerprint density at radius 2 is 1.30 bits per heavy atom. The van der Waals surface area contributed by atoms with E-state index in [1.54, 1.807) is 24.3 Å². The van der Waals surface area contributed by atoms with E-state index in [1.807, 2.05) is 0 Å². The molecule has 2 aliphatic heterocycles. The fourth-order valence-corrected chi connectivity index (χ4v) is 3.40. The van der Waals surface area contributed by atoms with Crippen molar-refractivity contribution in [2.24, 2.45) is 0 Å². The lowest BCUT2D eigenvalue weighted by atomic mass is 10.0. The number of imide groups is 1. The molecule has 2 heterocycles. The van der Waals surface area contributed by atoms with E-state index in [0.29, 0.717) is 11.4 Å². The first-order chi connectivity index (χ1) is 12.9. The number of amides is 2. The molecule has 3 rings (SSSR count). The number of methoxy groups -OCH3 is 3. The highest BCUT2D eigenvalue weighted by molar-refractivity contribution is 6.21. The van der Waals surface area contributed by atoms with Gasteiger partial charge in [-0.3, -0.25) is 14.5 Å². The lowest BCUT2D eigenvalue weighted by Crippen LogP contribution is -2.61. The van der Waals surface area contributed by atoms with Crippen LogP contribution < -0.4 is 9.64 Å². The molecule has 1 aromatic rings. The fourth-order valence-electron chi connectivity index (χ4n) is 3.40. The van der Waals surface area contributed by atoms with E-state index in [0.717, 1.165) is 19.1 Å². The minimum Gasteiger partial charge on any atom is -0.497 e. The normalized spacial score (nSPS) is 21.5. The van der Waals surface area contributed by atoms with Gasteiger partial charge in [0.15, 0.2) is 0 Å². The van der Waals surface area contributed by atoms with Crippen molar-refractivity contribution in [1.29, 1.82) is 0 Å². The van der Waals surface area contributed by atoms with Crippen molar-refractivity contribution in [2.75, 3.05) is 33.3 Å². The summed E-state index contributed by atoms with van der Waals surface area (Å²) in [6, 6.07) is 4.23. The van der Waals surface area contributed by atoms with E-state index in [4.69, 9.17) is 14.2 Å². The lowest BCUT2D eigenvalue weighted by molar-refractivity contribution is -0.148. The number of rotatable bonds is 4. The van der Waals surface area contributed by atoms with Crippen LogP contribution in [-0.4, -0.2) is 69.1 Å². The second kappa shape index (κ2) is 6.75. The van der Waals surface area contributed by atoms with Crippen molar-refractivity contribution in [3.05, 3.63) is 35.4 Å². The van der Waals surface area contributed by atoms with E-state index < -0.39 is 35.8 Å². The van der Waals surface area contributed by atoms with Crippen LogP contribution in [0.3, 0.4) is 0 Å². The van der Waals surface area contributed by atoms with Crippen molar-refractivity contribution in [3.63, 3.8) is 0 Å². The average Bonchev–Trinajstić information content (AvgIpc) is 3.02. The second-order valence-corrected chi connectivity index (χ2v) is 5.96. The number of fused-ring (bicyclic) bond motifs is 2. The molecule has 2 aliphatic rings. The van der Waals surface area contributed by atoms with Crippen molar-refractivity contribution in [2.45, 2.75) is 12.1 Å². The summed E-state index contributed by atoms with van der Waals surface area (Å²) in [5.41, 5.74) is 0.0987. The Balaban J connectivity index is 2.22. The van der Waals surface area contributed by atoms with E-state index in [1.165, 1.54) is 19.1 Å². The minimum absolute atomic E-state index is 0.187. The van der Waals surface area contributed by atoms with E-state index in [9.17, 15) is 19.2 Å². The molecule has 1 fully saturated rings. The molecule has 1 aromatic carbocycles. The molecule has 2 unspecified atom stereocenters. The fraction of sp³-hybridized carbons (Fsp3) is 0.333. The Morgan fingerprint density at radius 3 is 1.67 bits per heavy atom. The number of anilines is 1.